The van der Waals surface area contributed by atoms with Gasteiger partial charge < -0.3 is 15.4 Å². The molecule has 1 aliphatic rings. The first-order valence-corrected chi connectivity index (χ1v) is 10.6. The zero-order valence-corrected chi connectivity index (χ0v) is 18.0. The first-order valence-electron chi connectivity index (χ1n) is 10.6. The van der Waals surface area contributed by atoms with Crippen molar-refractivity contribution < 1.29 is 9.53 Å². The Morgan fingerprint density at radius 2 is 2.09 bits per heavy atom. The topological polar surface area (TPSA) is 101 Å². The second-order valence-electron chi connectivity index (χ2n) is 7.70. The fraction of sp³-hybridized carbons (Fsp3) is 0.250. The van der Waals surface area contributed by atoms with Gasteiger partial charge in [-0.05, 0) is 68.1 Å². The van der Waals surface area contributed by atoms with Crippen LogP contribution < -0.4 is 20.8 Å². The fourth-order valence-corrected chi connectivity index (χ4v) is 3.36. The van der Waals surface area contributed by atoms with Crippen LogP contribution >= 0.6 is 0 Å². The van der Waals surface area contributed by atoms with E-state index in [9.17, 15) is 4.79 Å². The van der Waals surface area contributed by atoms with Crippen molar-refractivity contribution >= 4 is 29.8 Å². The van der Waals surface area contributed by atoms with Crippen molar-refractivity contribution in [2.24, 2.45) is 5.10 Å². The number of carbonyl (C=O) groups excluding carboxylic acids is 1. The van der Waals surface area contributed by atoms with Gasteiger partial charge in [-0.2, -0.15) is 5.10 Å². The van der Waals surface area contributed by atoms with Crippen molar-refractivity contribution in [2.45, 2.75) is 32.2 Å². The van der Waals surface area contributed by atoms with Gasteiger partial charge >= 0.3 is 0 Å². The number of hydrogen-bond donors (Lipinski definition) is 3. The van der Waals surface area contributed by atoms with Crippen molar-refractivity contribution in [1.82, 2.24) is 15.3 Å². The minimum Gasteiger partial charge on any atom is -0.484 e. The van der Waals surface area contributed by atoms with Gasteiger partial charge in [0, 0.05) is 30.2 Å². The van der Waals surface area contributed by atoms with Gasteiger partial charge in [0.2, 0.25) is 0 Å². The second kappa shape index (κ2) is 9.91. The number of aromatic nitrogens is 2. The van der Waals surface area contributed by atoms with E-state index in [1.54, 1.807) is 12.3 Å². The first-order chi connectivity index (χ1) is 15.6. The normalized spacial score (nSPS) is 13.0. The summed E-state index contributed by atoms with van der Waals surface area (Å²) in [6.07, 6.45) is 4.98. The van der Waals surface area contributed by atoms with E-state index in [4.69, 9.17) is 4.74 Å². The summed E-state index contributed by atoms with van der Waals surface area (Å²) < 4.78 is 5.67. The van der Waals surface area contributed by atoms with Crippen LogP contribution in [0.3, 0.4) is 0 Å². The largest absolute Gasteiger partial charge is 0.484 e. The number of nitrogens with one attached hydrogen (secondary N) is 3. The number of nitrogens with zero attached hydrogens (tertiary/aromatic N) is 3. The Balaban J connectivity index is 1.42. The number of rotatable bonds is 9. The van der Waals surface area contributed by atoms with Gasteiger partial charge in [0.25, 0.3) is 5.91 Å². The Bertz CT molecular complexity index is 1110. The van der Waals surface area contributed by atoms with Gasteiger partial charge in [0.1, 0.15) is 11.6 Å². The van der Waals surface area contributed by atoms with Crippen molar-refractivity contribution in [3.63, 3.8) is 0 Å². The number of benzene rings is 2. The molecule has 1 aromatic heterocycles. The van der Waals surface area contributed by atoms with Crippen LogP contribution in [0.5, 0.6) is 5.75 Å². The maximum absolute atomic E-state index is 12.0. The van der Waals surface area contributed by atoms with E-state index in [-0.39, 0.29) is 12.5 Å². The van der Waals surface area contributed by atoms with Crippen LogP contribution in [0, 0.1) is 6.92 Å². The molecule has 1 amide bonds. The van der Waals surface area contributed by atoms with Crippen molar-refractivity contribution in [3.05, 3.63) is 60.3 Å². The number of amides is 1. The van der Waals surface area contributed by atoms with Crippen molar-refractivity contribution in [3.8, 4) is 17.1 Å². The molecule has 0 bridgehead atoms. The molecule has 4 rings (SSSR count). The molecule has 1 saturated carbocycles. The zero-order chi connectivity index (χ0) is 22.3. The average molecular weight is 431 g/mol. The van der Waals surface area contributed by atoms with Crippen LogP contribution in [-0.2, 0) is 4.79 Å². The molecular formula is C24H26N6O2. The Kier molecular flexibility index (Phi) is 6.60. The molecular weight excluding hydrogens is 404 g/mol. The van der Waals surface area contributed by atoms with Gasteiger partial charge in [-0.1, -0.05) is 12.1 Å². The average Bonchev–Trinajstić information content (AvgIpc) is 2.77. The predicted molar refractivity (Wildman–Crippen MR) is 126 cm³/mol. The van der Waals surface area contributed by atoms with Crippen LogP contribution in [0.15, 0.2) is 59.8 Å². The minimum absolute atomic E-state index is 0.00597. The van der Waals surface area contributed by atoms with Gasteiger partial charge in [-0.15, -0.1) is 0 Å². The van der Waals surface area contributed by atoms with E-state index in [0.29, 0.717) is 23.4 Å². The van der Waals surface area contributed by atoms with E-state index >= 15 is 0 Å². The molecule has 164 valence electrons. The molecule has 0 saturated heterocycles. The molecule has 8 nitrogen and oxygen atoms in total. The molecule has 1 aliphatic carbocycles. The van der Waals surface area contributed by atoms with E-state index in [1.165, 1.54) is 6.42 Å². The van der Waals surface area contributed by atoms with Crippen LogP contribution in [0.1, 0.15) is 24.8 Å². The number of hydrogen-bond acceptors (Lipinski definition) is 7. The Hall–Kier alpha value is -3.94. The molecule has 0 spiro atoms. The number of aryl methyl sites for hydroxylation is 1. The molecule has 0 aliphatic heterocycles. The lowest BCUT2D eigenvalue weighted by Crippen LogP contribution is -2.41. The number of ether oxygens (including phenoxy) is 1. The molecule has 1 fully saturated rings. The Morgan fingerprint density at radius 3 is 2.84 bits per heavy atom. The van der Waals surface area contributed by atoms with Gasteiger partial charge in [-0.25, -0.2) is 9.97 Å². The highest BCUT2D eigenvalue weighted by atomic mass is 16.5. The molecule has 0 radical (unpaired) electrons. The second-order valence-corrected chi connectivity index (χ2v) is 7.70. The first kappa shape index (κ1) is 21.3. The van der Waals surface area contributed by atoms with E-state index < -0.39 is 0 Å². The maximum atomic E-state index is 12.0. The number of hydrazone groups is 1. The Labute approximate surface area is 187 Å². The molecule has 8 heteroatoms. The third kappa shape index (κ3) is 5.40. The molecule has 32 heavy (non-hydrogen) atoms. The van der Waals surface area contributed by atoms with Crippen LogP contribution in [0.2, 0.25) is 0 Å². The molecule has 0 atom stereocenters. The summed E-state index contributed by atoms with van der Waals surface area (Å²) in [5, 5.41) is 9.97. The smallest absolute Gasteiger partial charge is 0.258 e. The van der Waals surface area contributed by atoms with Gasteiger partial charge in [-0.3, -0.25) is 10.2 Å². The third-order valence-electron chi connectivity index (χ3n) is 5.29. The zero-order valence-electron chi connectivity index (χ0n) is 18.0. The van der Waals surface area contributed by atoms with Crippen molar-refractivity contribution in [1.29, 1.82) is 0 Å². The summed E-state index contributed by atoms with van der Waals surface area (Å²) in [5.41, 5.74) is 6.49. The van der Waals surface area contributed by atoms with E-state index in [2.05, 4.69) is 37.8 Å². The minimum atomic E-state index is -0.0945. The van der Waals surface area contributed by atoms with Crippen LogP contribution in [0.25, 0.3) is 11.4 Å². The summed E-state index contributed by atoms with van der Waals surface area (Å²) in [6.45, 7) is 5.43. The number of carbonyl (C=O) groups is 1. The quantitative estimate of drug-likeness (QED) is 0.346. The lowest BCUT2D eigenvalue weighted by atomic mass is 9.93. The molecule has 1 heterocycles. The highest BCUT2D eigenvalue weighted by molar-refractivity contribution is 5.78. The Morgan fingerprint density at radius 1 is 1.22 bits per heavy atom. The maximum Gasteiger partial charge on any atom is 0.258 e. The lowest BCUT2D eigenvalue weighted by molar-refractivity contribution is -0.124. The monoisotopic (exact) mass is 430 g/mol. The summed E-state index contributed by atoms with van der Waals surface area (Å²) in [7, 11) is 0. The number of anilines is 3. The third-order valence-corrected chi connectivity index (χ3v) is 5.29. The van der Waals surface area contributed by atoms with E-state index in [1.807, 2.05) is 49.4 Å². The van der Waals surface area contributed by atoms with Crippen molar-refractivity contribution in [2.75, 3.05) is 17.3 Å². The molecule has 3 aromatic rings. The molecule has 3 N–H and O–H groups in total. The summed E-state index contributed by atoms with van der Waals surface area (Å²) in [6, 6.07) is 15.4. The summed E-state index contributed by atoms with van der Waals surface area (Å²) in [5.74, 6) is 1.74. The highest BCUT2D eigenvalue weighted by Crippen LogP contribution is 2.25. The highest BCUT2D eigenvalue weighted by Gasteiger charge is 2.19. The van der Waals surface area contributed by atoms with E-state index in [0.717, 1.165) is 35.3 Å². The SMILES string of the molecule is C=NNc1ccc(Nc2ccnc(-c3cccc(OCC(=O)NC4CCC4)c3)n2)cc1C. The van der Waals surface area contributed by atoms with Crippen LogP contribution in [-0.4, -0.2) is 35.2 Å². The van der Waals surface area contributed by atoms with Gasteiger partial charge in [0.05, 0.1) is 5.69 Å². The van der Waals surface area contributed by atoms with Crippen LogP contribution in [0.4, 0.5) is 17.2 Å². The van der Waals surface area contributed by atoms with Gasteiger partial charge in [0.15, 0.2) is 12.4 Å². The lowest BCUT2D eigenvalue weighted by Gasteiger charge is -2.26. The summed E-state index contributed by atoms with van der Waals surface area (Å²) in [4.78, 5) is 21.0. The molecule has 0 unspecified atom stereocenters. The standard InChI is InChI=1S/C24H26N6O2/c1-16-13-19(9-10-21(16)30-25-2)27-22-11-12-26-24(29-22)17-5-3-8-20(14-17)32-15-23(31)28-18-6-4-7-18/h3,5,8-14,18,30H,2,4,6-7,15H2,1H3,(H,28,31)(H,26,27,29). The molecule has 2 aromatic carbocycles. The summed E-state index contributed by atoms with van der Waals surface area (Å²) >= 11 is 0. The fourth-order valence-electron chi connectivity index (χ4n) is 3.36. The predicted octanol–water partition coefficient (Wildman–Crippen LogP) is 4.27.